The van der Waals surface area contributed by atoms with Gasteiger partial charge in [-0.3, -0.25) is 14.8 Å². The van der Waals surface area contributed by atoms with Crippen LogP contribution in [0.15, 0.2) is 67.1 Å². The van der Waals surface area contributed by atoms with E-state index in [1.807, 2.05) is 36.4 Å². The molecule has 1 aromatic carbocycles. The first-order valence-electron chi connectivity index (χ1n) is 10.6. The Morgan fingerprint density at radius 3 is 2.91 bits per heavy atom. The van der Waals surface area contributed by atoms with Crippen molar-refractivity contribution in [3.05, 3.63) is 67.1 Å². The second-order valence-corrected chi connectivity index (χ2v) is 7.76. The zero-order chi connectivity index (χ0) is 21.9. The second kappa shape index (κ2) is 8.56. The highest BCUT2D eigenvalue weighted by Crippen LogP contribution is 2.40. The Labute approximate surface area is 186 Å². The van der Waals surface area contributed by atoms with Crippen LogP contribution in [0.4, 0.5) is 0 Å². The van der Waals surface area contributed by atoms with Gasteiger partial charge in [0.05, 0.1) is 29.0 Å². The zero-order valence-corrected chi connectivity index (χ0v) is 17.5. The number of benzene rings is 1. The summed E-state index contributed by atoms with van der Waals surface area (Å²) < 4.78 is 6.22. The van der Waals surface area contributed by atoms with Crippen molar-refractivity contribution in [2.75, 3.05) is 13.2 Å². The van der Waals surface area contributed by atoms with Crippen molar-refractivity contribution < 1.29 is 9.53 Å². The highest BCUT2D eigenvalue weighted by Gasteiger charge is 2.29. The normalized spacial score (nSPS) is 15.6. The summed E-state index contributed by atoms with van der Waals surface area (Å²) in [4.78, 5) is 26.2. The summed E-state index contributed by atoms with van der Waals surface area (Å²) in [5.41, 5.74) is 5.75. The number of nitrogens with one attached hydrogen (secondary N) is 1. The third kappa shape index (κ3) is 3.58. The molecule has 0 aliphatic carbocycles. The second-order valence-electron chi connectivity index (χ2n) is 7.76. The highest BCUT2D eigenvalue weighted by molar-refractivity contribution is 6.02. The number of fused-ring (bicyclic) bond motifs is 1. The van der Waals surface area contributed by atoms with E-state index in [2.05, 4.69) is 33.0 Å². The van der Waals surface area contributed by atoms with Crippen molar-refractivity contribution in [3.63, 3.8) is 0 Å². The Kier molecular flexibility index (Phi) is 5.30. The third-order valence-corrected chi connectivity index (χ3v) is 5.86. The molecule has 1 fully saturated rings. The smallest absolute Gasteiger partial charge is 0.298 e. The number of aromatic amines is 1. The van der Waals surface area contributed by atoms with Gasteiger partial charge < -0.3 is 14.6 Å². The average Bonchev–Trinajstić information content (AvgIpc) is 3.47. The minimum absolute atomic E-state index is 0.0374. The van der Waals surface area contributed by atoms with Gasteiger partial charge in [0.15, 0.2) is 0 Å². The van der Waals surface area contributed by atoms with E-state index in [9.17, 15) is 4.79 Å². The maximum Gasteiger partial charge on any atom is 0.298 e. The van der Waals surface area contributed by atoms with E-state index in [1.165, 1.54) is 0 Å². The molecule has 4 heterocycles. The van der Waals surface area contributed by atoms with Crippen molar-refractivity contribution in [3.8, 4) is 40.5 Å². The quantitative estimate of drug-likeness (QED) is 0.487. The molecule has 1 atom stereocenters. The summed E-state index contributed by atoms with van der Waals surface area (Å²) in [6, 6.07) is 16.0. The van der Waals surface area contributed by atoms with Crippen LogP contribution in [0.25, 0.3) is 33.4 Å². The number of terminal acetylenes is 1. The predicted octanol–water partition coefficient (Wildman–Crippen LogP) is 4.29. The minimum atomic E-state index is -0.282. The Morgan fingerprint density at radius 2 is 2.06 bits per heavy atom. The molecule has 1 saturated heterocycles. The molecule has 0 unspecified atom stereocenters. The molecule has 0 bridgehead atoms. The van der Waals surface area contributed by atoms with E-state index < -0.39 is 0 Å². The van der Waals surface area contributed by atoms with Crippen LogP contribution in [0.2, 0.25) is 0 Å². The van der Waals surface area contributed by atoms with Crippen LogP contribution in [-0.2, 0) is 4.79 Å². The van der Waals surface area contributed by atoms with Gasteiger partial charge in [-0.2, -0.15) is 0 Å². The predicted molar refractivity (Wildman–Crippen MR) is 124 cm³/mol. The number of carbonyl (C=O) groups is 1. The van der Waals surface area contributed by atoms with Crippen LogP contribution >= 0.6 is 0 Å². The van der Waals surface area contributed by atoms with Crippen LogP contribution in [-0.4, -0.2) is 45.0 Å². The van der Waals surface area contributed by atoms with Gasteiger partial charge in [0, 0.05) is 30.1 Å². The van der Waals surface area contributed by atoms with E-state index in [0.717, 1.165) is 46.3 Å². The Balaban J connectivity index is 1.53. The molecule has 158 valence electrons. The number of hydrogen-bond donors (Lipinski definition) is 1. The third-order valence-electron chi connectivity index (χ3n) is 5.86. The molecule has 32 heavy (non-hydrogen) atoms. The van der Waals surface area contributed by atoms with Gasteiger partial charge in [0.25, 0.3) is 5.91 Å². The number of aromatic nitrogens is 3. The monoisotopic (exact) mass is 422 g/mol. The summed E-state index contributed by atoms with van der Waals surface area (Å²) in [5.74, 6) is 2.59. The molecule has 6 heteroatoms. The lowest BCUT2D eigenvalue weighted by molar-refractivity contribution is -0.126. The van der Waals surface area contributed by atoms with Gasteiger partial charge in [-0.15, -0.1) is 6.42 Å². The summed E-state index contributed by atoms with van der Waals surface area (Å²) in [6.45, 7) is 1.04. The van der Waals surface area contributed by atoms with E-state index >= 15 is 0 Å². The fourth-order valence-corrected chi connectivity index (χ4v) is 4.36. The molecular weight excluding hydrogens is 400 g/mol. The van der Waals surface area contributed by atoms with E-state index in [1.54, 1.807) is 23.5 Å². The standard InChI is InChI=1S/C26H22N4O2/c1-2-23(31)30-15-7-10-19(30)17-32-22-16-27-14-12-20(22)25-24(18-8-4-3-5-9-18)26-21(29-25)11-6-13-28-26/h1,3-6,8-9,11-14,16,19,29H,7,10,15,17H2/t19-/m0/s1. The van der Waals surface area contributed by atoms with E-state index in [0.29, 0.717) is 18.9 Å². The number of ether oxygens (including phenoxy) is 1. The molecule has 5 rings (SSSR count). The van der Waals surface area contributed by atoms with E-state index in [-0.39, 0.29) is 11.9 Å². The van der Waals surface area contributed by atoms with Crippen molar-refractivity contribution in [1.82, 2.24) is 19.9 Å². The maximum atomic E-state index is 12.0. The topological polar surface area (TPSA) is 71.1 Å². The fraction of sp³-hybridized carbons (Fsp3) is 0.192. The summed E-state index contributed by atoms with van der Waals surface area (Å²) in [5, 5.41) is 0. The highest BCUT2D eigenvalue weighted by atomic mass is 16.5. The van der Waals surface area contributed by atoms with Crippen molar-refractivity contribution >= 4 is 16.9 Å². The largest absolute Gasteiger partial charge is 0.489 e. The summed E-state index contributed by atoms with van der Waals surface area (Å²) in [7, 11) is 0. The van der Waals surface area contributed by atoms with Crippen LogP contribution in [0.5, 0.6) is 5.75 Å². The van der Waals surface area contributed by atoms with E-state index in [4.69, 9.17) is 11.2 Å². The van der Waals surface area contributed by atoms with Crippen LogP contribution < -0.4 is 4.74 Å². The first kappa shape index (κ1) is 19.8. The number of carbonyl (C=O) groups excluding carboxylic acids is 1. The van der Waals surface area contributed by atoms with Gasteiger partial charge in [0.1, 0.15) is 12.4 Å². The first-order valence-corrected chi connectivity index (χ1v) is 10.6. The SMILES string of the molecule is C#CC(=O)N1CCC[C@H]1COc1cnccc1-c1[nH]c2cccnc2c1-c1ccccc1. The Bertz CT molecular complexity index is 1310. The maximum absolute atomic E-state index is 12.0. The van der Waals surface area contributed by atoms with Gasteiger partial charge in [-0.1, -0.05) is 30.3 Å². The lowest BCUT2D eigenvalue weighted by Crippen LogP contribution is -2.38. The molecule has 4 aromatic rings. The Hall–Kier alpha value is -4.11. The molecule has 0 spiro atoms. The number of H-pyrrole nitrogens is 1. The minimum Gasteiger partial charge on any atom is -0.489 e. The molecule has 0 radical (unpaired) electrons. The number of amides is 1. The van der Waals surface area contributed by atoms with Crippen LogP contribution in [0.3, 0.4) is 0 Å². The molecule has 3 aromatic heterocycles. The molecule has 1 aliphatic rings. The van der Waals surface area contributed by atoms with Gasteiger partial charge in [-0.25, -0.2) is 0 Å². The fourth-order valence-electron chi connectivity index (χ4n) is 4.36. The van der Waals surface area contributed by atoms with Crippen molar-refractivity contribution in [1.29, 1.82) is 0 Å². The molecule has 1 amide bonds. The summed E-state index contributed by atoms with van der Waals surface area (Å²) in [6.07, 6.45) is 12.4. The number of likely N-dealkylation sites (tertiary alicyclic amines) is 1. The van der Waals surface area contributed by atoms with Gasteiger partial charge in [-0.05, 0) is 42.5 Å². The lowest BCUT2D eigenvalue weighted by Gasteiger charge is -2.23. The molecular formula is C26H22N4O2. The number of pyridine rings is 2. The van der Waals surface area contributed by atoms with Crippen LogP contribution in [0, 0.1) is 12.3 Å². The van der Waals surface area contributed by atoms with Crippen molar-refractivity contribution in [2.24, 2.45) is 0 Å². The average molecular weight is 422 g/mol. The molecule has 0 saturated carbocycles. The number of hydrogen-bond acceptors (Lipinski definition) is 4. The summed E-state index contributed by atoms with van der Waals surface area (Å²) >= 11 is 0. The first-order chi connectivity index (χ1) is 15.8. The lowest BCUT2D eigenvalue weighted by atomic mass is 10.0. The Morgan fingerprint density at radius 1 is 1.19 bits per heavy atom. The molecule has 6 nitrogen and oxygen atoms in total. The van der Waals surface area contributed by atoms with Gasteiger partial charge >= 0.3 is 0 Å². The molecule has 1 aliphatic heterocycles. The number of nitrogens with zero attached hydrogens (tertiary/aromatic N) is 3. The van der Waals surface area contributed by atoms with Crippen molar-refractivity contribution in [2.45, 2.75) is 18.9 Å². The van der Waals surface area contributed by atoms with Crippen LogP contribution in [0.1, 0.15) is 12.8 Å². The number of rotatable bonds is 5. The molecule has 1 N–H and O–H groups in total. The van der Waals surface area contributed by atoms with Gasteiger partial charge in [0.2, 0.25) is 0 Å². The zero-order valence-electron chi connectivity index (χ0n) is 17.5.